The second-order valence-corrected chi connectivity index (χ2v) is 7.99. The molecule has 0 aliphatic carbocycles. The Morgan fingerprint density at radius 1 is 1.09 bits per heavy atom. The summed E-state index contributed by atoms with van der Waals surface area (Å²) >= 11 is 3.26. The highest BCUT2D eigenvalue weighted by Crippen LogP contribution is 2.19. The fourth-order valence-electron chi connectivity index (χ4n) is 2.00. The van der Waals surface area contributed by atoms with Gasteiger partial charge in [0.15, 0.2) is 0 Å². The van der Waals surface area contributed by atoms with Gasteiger partial charge in [0.05, 0.1) is 11.0 Å². The van der Waals surface area contributed by atoms with Crippen molar-refractivity contribution in [3.8, 4) is 0 Å². The molecule has 2 rings (SSSR count). The summed E-state index contributed by atoms with van der Waals surface area (Å²) < 4.78 is 27.6. The fourth-order valence-corrected chi connectivity index (χ4v) is 3.30. The van der Waals surface area contributed by atoms with Crippen molar-refractivity contribution in [2.75, 3.05) is 25.5 Å². The van der Waals surface area contributed by atoms with Crippen molar-refractivity contribution < 1.29 is 13.5 Å². The molecule has 0 bridgehead atoms. The van der Waals surface area contributed by atoms with E-state index in [9.17, 15) is 13.5 Å². The molecule has 2 N–H and O–H groups in total. The Labute approximate surface area is 145 Å². The van der Waals surface area contributed by atoms with Crippen molar-refractivity contribution in [1.29, 1.82) is 0 Å². The minimum Gasteiger partial charge on any atom is -0.387 e. The van der Waals surface area contributed by atoms with Crippen LogP contribution in [0.2, 0.25) is 0 Å². The van der Waals surface area contributed by atoms with Crippen molar-refractivity contribution >= 4 is 31.6 Å². The highest BCUT2D eigenvalue weighted by atomic mass is 79.9. The third kappa shape index (κ3) is 4.78. The first-order valence-corrected chi connectivity index (χ1v) is 9.28. The minimum absolute atomic E-state index is 0.0836. The first-order chi connectivity index (χ1) is 10.8. The predicted molar refractivity (Wildman–Crippen MR) is 95.1 cm³/mol. The van der Waals surface area contributed by atoms with Gasteiger partial charge in [0, 0.05) is 30.8 Å². The average molecular weight is 399 g/mol. The third-order valence-corrected chi connectivity index (χ3v) is 5.35. The number of rotatable bonds is 6. The van der Waals surface area contributed by atoms with Crippen LogP contribution >= 0.6 is 15.9 Å². The first kappa shape index (κ1) is 17.9. The number of nitrogens with one attached hydrogen (secondary N) is 1. The minimum atomic E-state index is -3.64. The lowest BCUT2D eigenvalue weighted by molar-refractivity contribution is 0.182. The van der Waals surface area contributed by atoms with E-state index in [2.05, 4.69) is 20.7 Å². The van der Waals surface area contributed by atoms with E-state index in [0.717, 1.165) is 10.2 Å². The van der Waals surface area contributed by atoms with E-state index in [0.29, 0.717) is 5.56 Å². The first-order valence-electron chi connectivity index (χ1n) is 7.00. The summed E-state index contributed by atoms with van der Waals surface area (Å²) in [5.41, 5.74) is 1.67. The molecule has 2 aromatic carbocycles. The molecule has 0 heterocycles. The Morgan fingerprint density at radius 3 is 2.17 bits per heavy atom. The molecular formula is C16H19BrN2O3S. The maximum absolute atomic E-state index is 12.2. The van der Waals surface area contributed by atoms with Crippen molar-refractivity contribution in [2.24, 2.45) is 0 Å². The lowest BCUT2D eigenvalue weighted by atomic mass is 10.1. The summed E-state index contributed by atoms with van der Waals surface area (Å²) in [4.78, 5) is 2.11. The largest absolute Gasteiger partial charge is 0.387 e. The van der Waals surface area contributed by atoms with Crippen LogP contribution in [0.5, 0.6) is 0 Å². The monoisotopic (exact) mass is 398 g/mol. The van der Waals surface area contributed by atoms with Gasteiger partial charge in [0.1, 0.15) is 0 Å². The van der Waals surface area contributed by atoms with Crippen LogP contribution < -0.4 is 9.62 Å². The maximum atomic E-state index is 12.2. The standard InChI is InChI=1S/C16H19BrN2O3S/c1-19(2)14-7-3-12(4-8-14)16(20)11-18-23(21,22)15-9-5-13(17)6-10-15/h3-10,16,18,20H,11H2,1-2H3. The number of benzene rings is 2. The summed E-state index contributed by atoms with van der Waals surface area (Å²) in [6.45, 7) is -0.0836. The quantitative estimate of drug-likeness (QED) is 0.784. The zero-order chi connectivity index (χ0) is 17.0. The molecule has 1 unspecified atom stereocenters. The van der Waals surface area contributed by atoms with E-state index in [1.807, 2.05) is 31.1 Å². The number of hydrogen-bond acceptors (Lipinski definition) is 4. The molecule has 2 aromatic rings. The van der Waals surface area contributed by atoms with Crippen LogP contribution in [0.25, 0.3) is 0 Å². The molecule has 1 atom stereocenters. The van der Waals surface area contributed by atoms with Crippen LogP contribution in [0.15, 0.2) is 57.9 Å². The van der Waals surface area contributed by atoms with E-state index in [-0.39, 0.29) is 11.4 Å². The lowest BCUT2D eigenvalue weighted by Crippen LogP contribution is -2.28. The van der Waals surface area contributed by atoms with Gasteiger partial charge in [0.25, 0.3) is 0 Å². The summed E-state index contributed by atoms with van der Waals surface area (Å²) in [5, 5.41) is 10.2. The van der Waals surface area contributed by atoms with E-state index in [1.165, 1.54) is 12.1 Å². The molecule has 7 heteroatoms. The molecule has 0 aliphatic heterocycles. The second-order valence-electron chi connectivity index (χ2n) is 5.31. The van der Waals surface area contributed by atoms with Crippen molar-refractivity contribution in [2.45, 2.75) is 11.0 Å². The number of halogens is 1. The Hall–Kier alpha value is -1.41. The number of aliphatic hydroxyl groups excluding tert-OH is 1. The number of nitrogens with zero attached hydrogens (tertiary/aromatic N) is 1. The molecule has 0 fully saturated rings. The topological polar surface area (TPSA) is 69.6 Å². The van der Waals surface area contributed by atoms with E-state index in [1.54, 1.807) is 24.3 Å². The van der Waals surface area contributed by atoms with E-state index in [4.69, 9.17) is 0 Å². The van der Waals surface area contributed by atoms with Crippen molar-refractivity contribution in [3.63, 3.8) is 0 Å². The summed E-state index contributed by atoms with van der Waals surface area (Å²) in [6, 6.07) is 13.6. The number of aliphatic hydroxyl groups is 1. The van der Waals surface area contributed by atoms with Gasteiger partial charge in [-0.1, -0.05) is 28.1 Å². The van der Waals surface area contributed by atoms with Crippen LogP contribution in [0.3, 0.4) is 0 Å². The summed E-state index contributed by atoms with van der Waals surface area (Å²) in [6.07, 6.45) is -0.906. The van der Waals surface area contributed by atoms with Gasteiger partial charge in [0.2, 0.25) is 10.0 Å². The molecule has 124 valence electrons. The molecule has 0 aliphatic rings. The maximum Gasteiger partial charge on any atom is 0.240 e. The highest BCUT2D eigenvalue weighted by molar-refractivity contribution is 9.10. The molecule has 0 aromatic heterocycles. The zero-order valence-electron chi connectivity index (χ0n) is 12.9. The van der Waals surface area contributed by atoms with E-state index < -0.39 is 16.1 Å². The summed E-state index contributed by atoms with van der Waals surface area (Å²) in [7, 11) is 0.216. The molecule has 0 amide bonds. The molecular weight excluding hydrogens is 380 g/mol. The molecule has 0 spiro atoms. The number of hydrogen-bond donors (Lipinski definition) is 2. The number of sulfonamides is 1. The van der Waals surface area contributed by atoms with Gasteiger partial charge in [-0.05, 0) is 42.0 Å². The Balaban J connectivity index is 2.03. The smallest absolute Gasteiger partial charge is 0.240 e. The fraction of sp³-hybridized carbons (Fsp3) is 0.250. The molecule has 0 radical (unpaired) electrons. The molecule has 23 heavy (non-hydrogen) atoms. The van der Waals surface area contributed by atoms with Gasteiger partial charge in [-0.3, -0.25) is 0 Å². The summed E-state index contributed by atoms with van der Waals surface area (Å²) in [5.74, 6) is 0. The Morgan fingerprint density at radius 2 is 1.65 bits per heavy atom. The van der Waals surface area contributed by atoms with E-state index >= 15 is 0 Å². The van der Waals surface area contributed by atoms with Crippen LogP contribution in [-0.2, 0) is 10.0 Å². The Bertz CT molecular complexity index is 744. The zero-order valence-corrected chi connectivity index (χ0v) is 15.3. The lowest BCUT2D eigenvalue weighted by Gasteiger charge is -2.16. The van der Waals surface area contributed by atoms with Gasteiger partial charge in [-0.25, -0.2) is 13.1 Å². The van der Waals surface area contributed by atoms with Gasteiger partial charge < -0.3 is 10.0 Å². The van der Waals surface area contributed by atoms with Gasteiger partial charge in [-0.2, -0.15) is 0 Å². The second kappa shape index (κ2) is 7.44. The predicted octanol–water partition coefficient (Wildman–Crippen LogP) is 2.53. The van der Waals surface area contributed by atoms with Gasteiger partial charge in [-0.15, -0.1) is 0 Å². The van der Waals surface area contributed by atoms with Crippen LogP contribution in [0.1, 0.15) is 11.7 Å². The molecule has 5 nitrogen and oxygen atoms in total. The Kier molecular flexibility index (Phi) is 5.80. The average Bonchev–Trinajstić information content (AvgIpc) is 2.53. The third-order valence-electron chi connectivity index (χ3n) is 3.38. The highest BCUT2D eigenvalue weighted by Gasteiger charge is 2.16. The van der Waals surface area contributed by atoms with Crippen LogP contribution in [0.4, 0.5) is 5.69 Å². The van der Waals surface area contributed by atoms with Crippen LogP contribution in [-0.4, -0.2) is 34.2 Å². The van der Waals surface area contributed by atoms with Crippen molar-refractivity contribution in [3.05, 3.63) is 58.6 Å². The van der Waals surface area contributed by atoms with Gasteiger partial charge >= 0.3 is 0 Å². The van der Waals surface area contributed by atoms with Crippen LogP contribution in [0, 0.1) is 0 Å². The SMILES string of the molecule is CN(C)c1ccc(C(O)CNS(=O)(=O)c2ccc(Br)cc2)cc1. The molecule has 0 saturated carbocycles. The molecule has 0 saturated heterocycles. The van der Waals surface area contributed by atoms with Crippen molar-refractivity contribution in [1.82, 2.24) is 4.72 Å². The number of anilines is 1. The normalized spacial score (nSPS) is 12.9.